The average molecular weight is 280 g/mol. The second kappa shape index (κ2) is 5.11. The van der Waals surface area contributed by atoms with Gasteiger partial charge in [0, 0.05) is 24.7 Å². The SMILES string of the molecule is CNCc1c(N2CC(C)OCC2C)nc2sccn12. The molecule has 2 atom stereocenters. The molecule has 6 heteroatoms. The lowest BCUT2D eigenvalue weighted by molar-refractivity contribution is 0.0340. The van der Waals surface area contributed by atoms with E-state index in [0.717, 1.165) is 30.5 Å². The van der Waals surface area contributed by atoms with Crippen LogP contribution in [0.15, 0.2) is 11.6 Å². The molecule has 19 heavy (non-hydrogen) atoms. The Morgan fingerprint density at radius 2 is 2.37 bits per heavy atom. The molecule has 0 aliphatic carbocycles. The summed E-state index contributed by atoms with van der Waals surface area (Å²) in [6.07, 6.45) is 2.36. The predicted octanol–water partition coefficient (Wildman–Crippen LogP) is 1.73. The Balaban J connectivity index is 2.02. The van der Waals surface area contributed by atoms with Crippen molar-refractivity contribution >= 4 is 22.1 Å². The lowest BCUT2D eigenvalue weighted by atomic mass is 10.2. The molecule has 0 radical (unpaired) electrons. The van der Waals surface area contributed by atoms with Crippen molar-refractivity contribution in [3.05, 3.63) is 17.3 Å². The van der Waals surface area contributed by atoms with Crippen LogP contribution in [-0.4, -0.2) is 41.7 Å². The minimum atomic E-state index is 0.262. The molecule has 0 aromatic carbocycles. The highest BCUT2D eigenvalue weighted by molar-refractivity contribution is 7.15. The fraction of sp³-hybridized carbons (Fsp3) is 0.615. The summed E-state index contributed by atoms with van der Waals surface area (Å²) in [7, 11) is 1.97. The number of morpholine rings is 1. The Labute approximate surface area is 117 Å². The Bertz CT molecular complexity index is 564. The Hall–Kier alpha value is -1.11. The number of hydrogen-bond acceptors (Lipinski definition) is 5. The van der Waals surface area contributed by atoms with Gasteiger partial charge in [0.25, 0.3) is 0 Å². The first-order chi connectivity index (χ1) is 9.20. The van der Waals surface area contributed by atoms with Gasteiger partial charge in [0.15, 0.2) is 10.8 Å². The third-order valence-corrected chi connectivity index (χ3v) is 4.32. The van der Waals surface area contributed by atoms with Crippen molar-refractivity contribution in [2.45, 2.75) is 32.5 Å². The number of ether oxygens (including phenoxy) is 1. The maximum absolute atomic E-state index is 5.71. The smallest absolute Gasteiger partial charge is 0.195 e. The fourth-order valence-electron chi connectivity index (χ4n) is 2.58. The lowest BCUT2D eigenvalue weighted by Crippen LogP contribution is -2.48. The van der Waals surface area contributed by atoms with Crippen LogP contribution in [0.3, 0.4) is 0 Å². The Morgan fingerprint density at radius 1 is 1.53 bits per heavy atom. The number of nitrogens with one attached hydrogen (secondary N) is 1. The largest absolute Gasteiger partial charge is 0.375 e. The van der Waals surface area contributed by atoms with E-state index >= 15 is 0 Å². The molecular formula is C13H20N4OS. The van der Waals surface area contributed by atoms with Crippen molar-refractivity contribution < 1.29 is 4.74 Å². The molecule has 104 valence electrons. The third-order valence-electron chi connectivity index (χ3n) is 3.56. The molecule has 2 aromatic rings. The first-order valence-corrected chi connectivity index (χ1v) is 7.56. The van der Waals surface area contributed by atoms with Crippen molar-refractivity contribution in [2.24, 2.45) is 0 Å². The summed E-state index contributed by atoms with van der Waals surface area (Å²) < 4.78 is 7.89. The van der Waals surface area contributed by atoms with Crippen LogP contribution in [-0.2, 0) is 11.3 Å². The van der Waals surface area contributed by atoms with Crippen LogP contribution >= 0.6 is 11.3 Å². The number of anilines is 1. The first kappa shape index (κ1) is 12.9. The zero-order valence-corrected chi connectivity index (χ0v) is 12.4. The quantitative estimate of drug-likeness (QED) is 0.930. The maximum atomic E-state index is 5.71. The molecule has 0 bridgehead atoms. The van der Waals surface area contributed by atoms with E-state index in [0.29, 0.717) is 6.04 Å². The van der Waals surface area contributed by atoms with Gasteiger partial charge in [-0.3, -0.25) is 4.40 Å². The van der Waals surface area contributed by atoms with Gasteiger partial charge in [-0.25, -0.2) is 4.98 Å². The summed E-state index contributed by atoms with van der Waals surface area (Å²) >= 11 is 1.68. The van der Waals surface area contributed by atoms with Crippen LogP contribution in [0.1, 0.15) is 19.5 Å². The zero-order valence-electron chi connectivity index (χ0n) is 11.6. The molecule has 0 saturated carbocycles. The van der Waals surface area contributed by atoms with Gasteiger partial charge < -0.3 is 15.0 Å². The van der Waals surface area contributed by atoms with E-state index in [1.54, 1.807) is 11.3 Å². The minimum absolute atomic E-state index is 0.262. The number of aromatic nitrogens is 2. The van der Waals surface area contributed by atoms with Crippen molar-refractivity contribution in [1.82, 2.24) is 14.7 Å². The summed E-state index contributed by atoms with van der Waals surface area (Å²) in [5, 5.41) is 5.32. The van der Waals surface area contributed by atoms with Crippen LogP contribution in [0.25, 0.3) is 4.96 Å². The van der Waals surface area contributed by atoms with Gasteiger partial charge in [-0.05, 0) is 20.9 Å². The van der Waals surface area contributed by atoms with Gasteiger partial charge in [-0.1, -0.05) is 0 Å². The molecule has 1 aliphatic rings. The molecule has 1 saturated heterocycles. The molecule has 0 spiro atoms. The normalized spacial score (nSPS) is 24.3. The molecule has 1 fully saturated rings. The van der Waals surface area contributed by atoms with Crippen molar-refractivity contribution in [1.29, 1.82) is 0 Å². The van der Waals surface area contributed by atoms with Crippen molar-refractivity contribution in [3.8, 4) is 0 Å². The van der Waals surface area contributed by atoms with Gasteiger partial charge in [0.05, 0.1) is 24.4 Å². The zero-order chi connectivity index (χ0) is 13.4. The highest BCUT2D eigenvalue weighted by Crippen LogP contribution is 2.28. The summed E-state index contributed by atoms with van der Waals surface area (Å²) in [6.45, 7) is 6.82. The van der Waals surface area contributed by atoms with Crippen LogP contribution in [0.4, 0.5) is 5.82 Å². The number of thiazole rings is 1. The number of nitrogens with zero attached hydrogens (tertiary/aromatic N) is 3. The van der Waals surface area contributed by atoms with Crippen LogP contribution in [0, 0.1) is 0 Å². The second-order valence-electron chi connectivity index (χ2n) is 5.11. The molecule has 1 N–H and O–H groups in total. The van der Waals surface area contributed by atoms with Gasteiger partial charge in [-0.15, -0.1) is 11.3 Å². The molecule has 5 nitrogen and oxygen atoms in total. The lowest BCUT2D eigenvalue weighted by Gasteiger charge is -2.37. The van der Waals surface area contributed by atoms with E-state index in [2.05, 4.69) is 40.0 Å². The summed E-state index contributed by atoms with van der Waals surface area (Å²) in [5.41, 5.74) is 1.24. The predicted molar refractivity (Wildman–Crippen MR) is 78.1 cm³/mol. The molecule has 3 heterocycles. The van der Waals surface area contributed by atoms with Crippen LogP contribution < -0.4 is 10.2 Å². The van der Waals surface area contributed by atoms with E-state index in [-0.39, 0.29) is 6.10 Å². The fourth-order valence-corrected chi connectivity index (χ4v) is 3.31. The average Bonchev–Trinajstić information content (AvgIpc) is 2.95. The van der Waals surface area contributed by atoms with Gasteiger partial charge in [-0.2, -0.15) is 0 Å². The number of hydrogen-bond donors (Lipinski definition) is 1. The van der Waals surface area contributed by atoms with E-state index in [9.17, 15) is 0 Å². The number of rotatable bonds is 3. The van der Waals surface area contributed by atoms with Crippen molar-refractivity contribution in [2.75, 3.05) is 25.1 Å². The third kappa shape index (κ3) is 2.24. The molecule has 1 aliphatic heterocycles. The molecule has 0 amide bonds. The number of fused-ring (bicyclic) bond motifs is 1. The van der Waals surface area contributed by atoms with E-state index in [4.69, 9.17) is 9.72 Å². The Kier molecular flexibility index (Phi) is 3.47. The highest BCUT2D eigenvalue weighted by atomic mass is 32.1. The first-order valence-electron chi connectivity index (χ1n) is 6.68. The summed E-state index contributed by atoms with van der Waals surface area (Å²) in [4.78, 5) is 8.25. The minimum Gasteiger partial charge on any atom is -0.375 e. The summed E-state index contributed by atoms with van der Waals surface area (Å²) in [6, 6.07) is 0.372. The molecule has 2 unspecified atom stereocenters. The summed E-state index contributed by atoms with van der Waals surface area (Å²) in [5.74, 6) is 1.10. The second-order valence-corrected chi connectivity index (χ2v) is 5.99. The van der Waals surface area contributed by atoms with Crippen LogP contribution in [0.2, 0.25) is 0 Å². The van der Waals surface area contributed by atoms with Gasteiger partial charge in [0.2, 0.25) is 0 Å². The highest BCUT2D eigenvalue weighted by Gasteiger charge is 2.28. The maximum Gasteiger partial charge on any atom is 0.195 e. The van der Waals surface area contributed by atoms with E-state index in [1.807, 2.05) is 7.05 Å². The van der Waals surface area contributed by atoms with Crippen LogP contribution in [0.5, 0.6) is 0 Å². The topological polar surface area (TPSA) is 41.8 Å². The monoisotopic (exact) mass is 280 g/mol. The molecule has 3 rings (SSSR count). The molecule has 2 aromatic heterocycles. The molecular weight excluding hydrogens is 260 g/mol. The van der Waals surface area contributed by atoms with Gasteiger partial charge in [0.1, 0.15) is 0 Å². The Morgan fingerprint density at radius 3 is 3.16 bits per heavy atom. The van der Waals surface area contributed by atoms with Gasteiger partial charge >= 0.3 is 0 Å². The van der Waals surface area contributed by atoms with Crippen molar-refractivity contribution in [3.63, 3.8) is 0 Å². The standard InChI is InChI=1S/C13H20N4OS/c1-9-8-18-10(2)7-17(9)12-11(6-14-3)16-4-5-19-13(16)15-12/h4-5,9-10,14H,6-8H2,1-3H3. The number of imidazole rings is 1. The van der Waals surface area contributed by atoms with E-state index < -0.39 is 0 Å². The van der Waals surface area contributed by atoms with E-state index in [1.165, 1.54) is 5.69 Å².